The van der Waals surface area contributed by atoms with Crippen LogP contribution in [-0.2, 0) is 4.79 Å². The van der Waals surface area contributed by atoms with Crippen molar-refractivity contribution in [2.45, 2.75) is 37.8 Å². The number of hydrogen-bond acceptors (Lipinski definition) is 3. The minimum atomic E-state index is 0.252. The van der Waals surface area contributed by atoms with Gasteiger partial charge in [-0.1, -0.05) is 11.6 Å². The number of hydrogen-bond donors (Lipinski definition) is 0. The smallest absolute Gasteiger partial charge is 0.137 e. The first-order chi connectivity index (χ1) is 8.69. The van der Waals surface area contributed by atoms with Gasteiger partial charge in [-0.15, -0.1) is 0 Å². The Balaban J connectivity index is 2.03. The zero-order chi connectivity index (χ0) is 12.7. The molecule has 0 N–H and O–H groups in total. The molecule has 92 valence electrons. The molecule has 0 aliphatic carbocycles. The van der Waals surface area contributed by atoms with E-state index in [1.807, 2.05) is 6.07 Å². The molecule has 2 atom stereocenters. The normalized spacial score (nSPS) is 26.2. The molecule has 3 rings (SSSR count). The summed E-state index contributed by atoms with van der Waals surface area (Å²) in [6.07, 6.45) is 3.28. The lowest BCUT2D eigenvalue weighted by molar-refractivity contribution is -0.120. The highest BCUT2D eigenvalue weighted by molar-refractivity contribution is 6.30. The highest BCUT2D eigenvalue weighted by atomic mass is 35.5. The van der Waals surface area contributed by atoms with Crippen LogP contribution in [0.15, 0.2) is 18.2 Å². The number of benzene rings is 1. The molecule has 2 unspecified atom stereocenters. The van der Waals surface area contributed by atoms with Gasteiger partial charge in [-0.25, -0.2) is 0 Å². The Morgan fingerprint density at radius 1 is 1.28 bits per heavy atom. The lowest BCUT2D eigenvalue weighted by Crippen LogP contribution is -2.43. The van der Waals surface area contributed by atoms with Gasteiger partial charge >= 0.3 is 0 Å². The topological polar surface area (TPSA) is 44.1 Å². The van der Waals surface area contributed by atoms with E-state index in [9.17, 15) is 10.1 Å². The minimum absolute atomic E-state index is 0.252. The highest BCUT2D eigenvalue weighted by Gasteiger charge is 2.40. The highest BCUT2D eigenvalue weighted by Crippen LogP contribution is 2.40. The number of fused-ring (bicyclic) bond motifs is 2. The second-order valence-corrected chi connectivity index (χ2v) is 5.45. The van der Waals surface area contributed by atoms with Crippen LogP contribution >= 0.6 is 11.6 Å². The van der Waals surface area contributed by atoms with Crippen molar-refractivity contribution < 1.29 is 4.79 Å². The average molecular weight is 261 g/mol. The van der Waals surface area contributed by atoms with Crippen LogP contribution in [0.1, 0.15) is 31.2 Å². The predicted octanol–water partition coefficient (Wildman–Crippen LogP) is 2.91. The van der Waals surface area contributed by atoms with Crippen LogP contribution in [0.3, 0.4) is 0 Å². The zero-order valence-corrected chi connectivity index (χ0v) is 10.7. The third-order valence-corrected chi connectivity index (χ3v) is 4.14. The molecule has 1 aromatic carbocycles. The number of rotatable bonds is 1. The van der Waals surface area contributed by atoms with Crippen LogP contribution in [0, 0.1) is 11.3 Å². The van der Waals surface area contributed by atoms with Gasteiger partial charge in [-0.05, 0) is 31.0 Å². The number of piperidine rings is 1. The number of Topliss-reactive ketones (excluding diaryl/α,β-unsaturated/α-hetero) is 1. The zero-order valence-electron chi connectivity index (χ0n) is 9.90. The number of anilines is 1. The molecule has 18 heavy (non-hydrogen) atoms. The van der Waals surface area contributed by atoms with Crippen LogP contribution < -0.4 is 4.90 Å². The summed E-state index contributed by atoms with van der Waals surface area (Å²) in [6, 6.07) is 8.06. The van der Waals surface area contributed by atoms with Crippen molar-refractivity contribution in [3.63, 3.8) is 0 Å². The summed E-state index contributed by atoms with van der Waals surface area (Å²) in [7, 11) is 0. The van der Waals surface area contributed by atoms with E-state index in [1.165, 1.54) is 0 Å². The van der Waals surface area contributed by atoms with Gasteiger partial charge in [0.15, 0.2) is 0 Å². The summed E-state index contributed by atoms with van der Waals surface area (Å²) in [6.45, 7) is 0. The Morgan fingerprint density at radius 2 is 1.94 bits per heavy atom. The van der Waals surface area contributed by atoms with E-state index in [2.05, 4.69) is 11.0 Å². The maximum Gasteiger partial charge on any atom is 0.137 e. The van der Waals surface area contributed by atoms with Crippen LogP contribution in [0.5, 0.6) is 0 Å². The number of nitriles is 1. The van der Waals surface area contributed by atoms with Crippen molar-refractivity contribution in [1.82, 2.24) is 0 Å². The molecule has 0 amide bonds. The second kappa shape index (κ2) is 4.29. The van der Waals surface area contributed by atoms with Gasteiger partial charge in [0.2, 0.25) is 0 Å². The van der Waals surface area contributed by atoms with Gasteiger partial charge in [0.05, 0.1) is 11.3 Å². The molecule has 0 aromatic heterocycles. The summed E-state index contributed by atoms with van der Waals surface area (Å²) in [5.41, 5.74) is 1.54. The molecule has 2 aliphatic heterocycles. The Morgan fingerprint density at radius 3 is 2.56 bits per heavy atom. The third kappa shape index (κ3) is 1.77. The average Bonchev–Trinajstić information content (AvgIpc) is 2.61. The van der Waals surface area contributed by atoms with Crippen LogP contribution in [-0.4, -0.2) is 17.9 Å². The molecule has 4 heteroatoms. The maximum absolute atomic E-state index is 11.6. The predicted molar refractivity (Wildman–Crippen MR) is 69.7 cm³/mol. The molecule has 0 saturated carbocycles. The molecule has 0 radical (unpaired) electrons. The minimum Gasteiger partial charge on any atom is -0.364 e. The van der Waals surface area contributed by atoms with Crippen molar-refractivity contribution in [3.05, 3.63) is 28.8 Å². The molecular formula is C14H13ClN2O. The molecule has 2 aliphatic rings. The molecule has 2 heterocycles. The largest absolute Gasteiger partial charge is 0.364 e. The quantitative estimate of drug-likeness (QED) is 0.780. The number of nitrogens with zero attached hydrogens (tertiary/aromatic N) is 2. The number of carbonyl (C=O) groups excluding carboxylic acids is 1. The lowest BCUT2D eigenvalue weighted by atomic mass is 9.99. The first-order valence-electron chi connectivity index (χ1n) is 6.18. The Kier molecular flexibility index (Phi) is 2.76. The van der Waals surface area contributed by atoms with E-state index in [0.717, 1.165) is 18.5 Å². The summed E-state index contributed by atoms with van der Waals surface area (Å²) >= 11 is 6.03. The first-order valence-corrected chi connectivity index (χ1v) is 6.56. The van der Waals surface area contributed by atoms with E-state index in [4.69, 9.17) is 11.6 Å². The van der Waals surface area contributed by atoms with E-state index in [-0.39, 0.29) is 12.1 Å². The fourth-order valence-electron chi connectivity index (χ4n) is 3.18. The summed E-state index contributed by atoms with van der Waals surface area (Å²) in [4.78, 5) is 13.8. The van der Waals surface area contributed by atoms with Crippen LogP contribution in [0.25, 0.3) is 0 Å². The maximum atomic E-state index is 11.6. The molecule has 1 aromatic rings. The van der Waals surface area contributed by atoms with Crippen LogP contribution in [0.2, 0.25) is 5.02 Å². The van der Waals surface area contributed by atoms with Crippen molar-refractivity contribution in [2.24, 2.45) is 0 Å². The van der Waals surface area contributed by atoms with E-state index in [0.29, 0.717) is 29.2 Å². The van der Waals surface area contributed by atoms with Crippen molar-refractivity contribution in [3.8, 4) is 6.07 Å². The summed E-state index contributed by atoms with van der Waals surface area (Å²) in [5.74, 6) is 0.347. The van der Waals surface area contributed by atoms with E-state index < -0.39 is 0 Å². The third-order valence-electron chi connectivity index (χ3n) is 3.90. The van der Waals surface area contributed by atoms with Gasteiger partial charge in [0.1, 0.15) is 11.9 Å². The van der Waals surface area contributed by atoms with Crippen molar-refractivity contribution in [1.29, 1.82) is 5.26 Å². The Labute approximate surface area is 111 Å². The van der Waals surface area contributed by atoms with Crippen LogP contribution in [0.4, 0.5) is 5.69 Å². The molecule has 2 saturated heterocycles. The SMILES string of the molecule is N#Cc1ccc(Cl)cc1N1C2CCC1CC(=O)C2. The number of ketones is 1. The van der Waals surface area contributed by atoms with E-state index >= 15 is 0 Å². The lowest BCUT2D eigenvalue weighted by Gasteiger charge is -2.36. The fourth-order valence-corrected chi connectivity index (χ4v) is 3.34. The molecular weight excluding hydrogens is 248 g/mol. The van der Waals surface area contributed by atoms with Gasteiger partial charge in [-0.2, -0.15) is 5.26 Å². The van der Waals surface area contributed by atoms with Gasteiger partial charge in [0.25, 0.3) is 0 Å². The number of carbonyl (C=O) groups is 1. The Bertz CT molecular complexity index is 533. The second-order valence-electron chi connectivity index (χ2n) is 5.01. The first kappa shape index (κ1) is 11.6. The monoisotopic (exact) mass is 260 g/mol. The van der Waals surface area contributed by atoms with Gasteiger partial charge in [-0.3, -0.25) is 4.79 Å². The van der Waals surface area contributed by atoms with Crippen molar-refractivity contribution >= 4 is 23.1 Å². The van der Waals surface area contributed by atoms with Crippen molar-refractivity contribution in [2.75, 3.05) is 4.90 Å². The molecule has 3 nitrogen and oxygen atoms in total. The van der Waals surface area contributed by atoms with E-state index in [1.54, 1.807) is 12.1 Å². The molecule has 2 bridgehead atoms. The molecule has 2 fully saturated rings. The van der Waals surface area contributed by atoms with Gasteiger partial charge in [0, 0.05) is 29.9 Å². The standard InChI is InChI=1S/C14H13ClN2O/c15-10-2-1-9(8-16)14(5-10)17-11-3-4-12(17)7-13(18)6-11/h1-2,5,11-12H,3-4,6-7H2. The molecule has 0 spiro atoms. The number of halogens is 1. The summed E-state index contributed by atoms with van der Waals surface area (Å²) in [5, 5.41) is 9.84. The van der Waals surface area contributed by atoms with Gasteiger partial charge < -0.3 is 4.90 Å². The fraction of sp³-hybridized carbons (Fsp3) is 0.429. The summed E-state index contributed by atoms with van der Waals surface area (Å²) < 4.78 is 0. The Hall–Kier alpha value is -1.53.